The van der Waals surface area contributed by atoms with Gasteiger partial charge in [0, 0.05) is 56.6 Å². The van der Waals surface area contributed by atoms with Crippen molar-refractivity contribution in [3.63, 3.8) is 0 Å². The number of alkyl halides is 9. The fourth-order valence-corrected chi connectivity index (χ4v) is 3.81. The molecule has 2 aliphatic heterocycles. The molecule has 0 amide bonds. The third kappa shape index (κ3) is 7.52. The number of esters is 1. The van der Waals surface area contributed by atoms with Crippen LogP contribution in [0.15, 0.2) is 18.2 Å². The van der Waals surface area contributed by atoms with Gasteiger partial charge in [-0.25, -0.2) is 0 Å². The average molecular weight is 539 g/mol. The highest BCUT2D eigenvalue weighted by Crippen LogP contribution is 2.37. The number of morpholine rings is 1. The highest BCUT2D eigenvalue weighted by Gasteiger charge is 2.60. The van der Waals surface area contributed by atoms with E-state index in [0.717, 1.165) is 11.0 Å². The van der Waals surface area contributed by atoms with E-state index in [1.165, 1.54) is 12.1 Å². The number of piperazine rings is 1. The maximum Gasteiger partial charge on any atom is 0.573 e. The first-order valence-electron chi connectivity index (χ1n) is 10.7. The molecule has 2 aliphatic rings. The predicted molar refractivity (Wildman–Crippen MR) is 105 cm³/mol. The molecule has 0 aromatic heterocycles. The zero-order chi connectivity index (χ0) is 26.7. The Morgan fingerprint density at radius 2 is 1.67 bits per heavy atom. The molecule has 0 aliphatic carbocycles. The zero-order valence-corrected chi connectivity index (χ0v) is 18.5. The molecule has 2 saturated heterocycles. The van der Waals surface area contributed by atoms with Gasteiger partial charge >= 0.3 is 24.7 Å². The largest absolute Gasteiger partial charge is 0.573 e. The number of halogens is 9. The van der Waals surface area contributed by atoms with Gasteiger partial charge in [0.15, 0.2) is 0 Å². The Morgan fingerprint density at radius 1 is 1.03 bits per heavy atom. The van der Waals surface area contributed by atoms with E-state index >= 15 is 0 Å². The van der Waals surface area contributed by atoms with Crippen molar-refractivity contribution < 1.29 is 58.5 Å². The summed E-state index contributed by atoms with van der Waals surface area (Å²) >= 11 is 0. The Kier molecular flexibility index (Phi) is 8.50. The van der Waals surface area contributed by atoms with E-state index in [0.29, 0.717) is 32.0 Å². The van der Waals surface area contributed by atoms with Crippen LogP contribution in [0.4, 0.5) is 45.2 Å². The number of nitrogens with one attached hydrogen (secondary N) is 1. The van der Waals surface area contributed by atoms with Crippen LogP contribution in [-0.4, -0.2) is 87.7 Å². The first kappa shape index (κ1) is 28.1. The Balaban J connectivity index is 1.83. The van der Waals surface area contributed by atoms with Gasteiger partial charge in [-0.3, -0.25) is 9.69 Å². The Hall–Kier alpha value is -2.46. The van der Waals surface area contributed by atoms with Crippen molar-refractivity contribution in [3.8, 4) is 5.75 Å². The summed E-state index contributed by atoms with van der Waals surface area (Å²) in [7, 11) is 0. The van der Waals surface area contributed by atoms with Crippen LogP contribution in [0.1, 0.15) is 5.56 Å². The van der Waals surface area contributed by atoms with Crippen molar-refractivity contribution in [1.29, 1.82) is 0 Å². The van der Waals surface area contributed by atoms with Gasteiger partial charge in [-0.05, 0) is 6.07 Å². The molecule has 0 spiro atoms. The van der Waals surface area contributed by atoms with Crippen molar-refractivity contribution in [2.24, 2.45) is 0 Å². The number of benzene rings is 1. The lowest BCUT2D eigenvalue weighted by Crippen LogP contribution is -2.57. The number of carbonyl (C=O) groups excluding carboxylic acids is 1. The summed E-state index contributed by atoms with van der Waals surface area (Å²) in [5, 5.41) is 2.65. The molecule has 36 heavy (non-hydrogen) atoms. The van der Waals surface area contributed by atoms with Crippen molar-refractivity contribution in [2.45, 2.75) is 37.4 Å². The van der Waals surface area contributed by atoms with Crippen LogP contribution in [0, 0.1) is 0 Å². The minimum absolute atomic E-state index is 0.0703. The summed E-state index contributed by atoms with van der Waals surface area (Å²) in [6.07, 6.45) is -21.2. The molecule has 7 nitrogen and oxygen atoms in total. The van der Waals surface area contributed by atoms with E-state index in [4.69, 9.17) is 4.74 Å². The summed E-state index contributed by atoms with van der Waals surface area (Å²) in [6.45, 7) is 0.844. The van der Waals surface area contributed by atoms with Crippen LogP contribution in [0.5, 0.6) is 5.75 Å². The number of hydrogen-bond acceptors (Lipinski definition) is 7. The summed E-state index contributed by atoms with van der Waals surface area (Å²) in [4.78, 5) is 15.2. The van der Waals surface area contributed by atoms with Gasteiger partial charge in [0.1, 0.15) is 11.8 Å². The van der Waals surface area contributed by atoms with Crippen molar-refractivity contribution in [1.82, 2.24) is 10.2 Å². The van der Waals surface area contributed by atoms with E-state index in [1.807, 2.05) is 0 Å². The molecule has 1 aromatic carbocycles. The number of anilines is 1. The van der Waals surface area contributed by atoms with Crippen molar-refractivity contribution in [2.75, 3.05) is 50.8 Å². The molecule has 1 unspecified atom stereocenters. The monoisotopic (exact) mass is 539 g/mol. The molecule has 204 valence electrons. The second-order valence-corrected chi connectivity index (χ2v) is 8.03. The molecule has 2 heterocycles. The third-order valence-electron chi connectivity index (χ3n) is 5.48. The maximum atomic E-state index is 13.1. The highest BCUT2D eigenvalue weighted by atomic mass is 19.4. The molecule has 0 bridgehead atoms. The van der Waals surface area contributed by atoms with Crippen LogP contribution >= 0.6 is 0 Å². The zero-order valence-electron chi connectivity index (χ0n) is 18.5. The van der Waals surface area contributed by atoms with E-state index in [-0.39, 0.29) is 25.2 Å². The first-order valence-corrected chi connectivity index (χ1v) is 10.7. The number of nitrogens with zero attached hydrogens (tertiary/aromatic N) is 2. The van der Waals surface area contributed by atoms with Gasteiger partial charge in [-0.1, -0.05) is 6.07 Å². The minimum atomic E-state index is -5.90. The fraction of sp³-hybridized carbons (Fsp3) is 0.650. The summed E-state index contributed by atoms with van der Waals surface area (Å²) in [6, 6.07) is 2.31. The van der Waals surface area contributed by atoms with Crippen molar-refractivity contribution >= 4 is 11.7 Å². The number of rotatable bonds is 6. The van der Waals surface area contributed by atoms with E-state index in [1.54, 1.807) is 4.90 Å². The third-order valence-corrected chi connectivity index (χ3v) is 5.48. The lowest BCUT2D eigenvalue weighted by Gasteiger charge is -2.36. The van der Waals surface area contributed by atoms with Crippen LogP contribution in [0.3, 0.4) is 0 Å². The number of hydrogen-bond donors (Lipinski definition) is 1. The molecule has 1 aromatic rings. The SMILES string of the molecule is O=C(OC(C(F)(F)F)C(F)(F)F)C1CNCCN1Cc1ccc(N2CCOCC2)cc1OC(F)(F)F. The lowest BCUT2D eigenvalue weighted by molar-refractivity contribution is -0.314. The molecular weight excluding hydrogens is 517 g/mol. The van der Waals surface area contributed by atoms with Gasteiger partial charge in [0.2, 0.25) is 0 Å². The van der Waals surface area contributed by atoms with Gasteiger partial charge < -0.3 is 24.4 Å². The highest BCUT2D eigenvalue weighted by molar-refractivity contribution is 5.76. The molecular formula is C20H22F9N3O4. The molecule has 1 atom stereocenters. The van der Waals surface area contributed by atoms with Crippen LogP contribution in [-0.2, 0) is 20.8 Å². The van der Waals surface area contributed by atoms with Gasteiger partial charge in [-0.2, -0.15) is 26.3 Å². The topological polar surface area (TPSA) is 63.3 Å². The Labute approximate surface area is 199 Å². The first-order chi connectivity index (χ1) is 16.6. The van der Waals surface area contributed by atoms with Crippen molar-refractivity contribution in [3.05, 3.63) is 23.8 Å². The van der Waals surface area contributed by atoms with Gasteiger partial charge in [0.05, 0.1) is 13.2 Å². The number of carbonyl (C=O) groups is 1. The molecule has 16 heteroatoms. The molecule has 0 saturated carbocycles. The van der Waals surface area contributed by atoms with E-state index in [9.17, 15) is 44.3 Å². The molecule has 3 rings (SSSR count). The summed E-state index contributed by atoms with van der Waals surface area (Å²) in [5.41, 5.74) is 0.322. The number of ether oxygens (including phenoxy) is 3. The Bertz CT molecular complexity index is 888. The average Bonchev–Trinajstić information content (AvgIpc) is 2.77. The van der Waals surface area contributed by atoms with Crippen LogP contribution in [0.2, 0.25) is 0 Å². The van der Waals surface area contributed by atoms with Crippen LogP contribution in [0.25, 0.3) is 0 Å². The minimum Gasteiger partial charge on any atom is -0.442 e. The van der Waals surface area contributed by atoms with Crippen LogP contribution < -0.4 is 15.0 Å². The molecule has 1 N–H and O–H groups in total. The standard InChI is InChI=1S/C20H22F9N3O4/c21-18(22,23)17(19(24,25)26)35-16(33)14-10-30-3-4-32(14)11-12-1-2-13(31-5-7-34-8-6-31)9-15(12)36-20(27,28)29/h1-2,9,14,17,30H,3-8,10-11H2. The summed E-state index contributed by atoms with van der Waals surface area (Å²) in [5.74, 6) is -2.43. The summed E-state index contributed by atoms with van der Waals surface area (Å²) < 4.78 is 129. The Morgan fingerprint density at radius 3 is 2.25 bits per heavy atom. The molecule has 2 fully saturated rings. The second kappa shape index (κ2) is 10.9. The smallest absolute Gasteiger partial charge is 0.442 e. The second-order valence-electron chi connectivity index (χ2n) is 8.03. The maximum absolute atomic E-state index is 13.1. The van der Waals surface area contributed by atoms with Gasteiger partial charge in [0.25, 0.3) is 6.10 Å². The van der Waals surface area contributed by atoms with E-state index < -0.39 is 49.1 Å². The fourth-order valence-electron chi connectivity index (χ4n) is 3.81. The quantitative estimate of drug-likeness (QED) is 0.440. The van der Waals surface area contributed by atoms with Gasteiger partial charge in [-0.15, -0.1) is 13.2 Å². The normalized spacial score (nSPS) is 20.5. The van der Waals surface area contributed by atoms with E-state index in [2.05, 4.69) is 14.8 Å². The lowest BCUT2D eigenvalue weighted by atomic mass is 10.1. The molecule has 0 radical (unpaired) electrons. The predicted octanol–water partition coefficient (Wildman–Crippen LogP) is 3.23.